The van der Waals surface area contributed by atoms with Gasteiger partial charge >= 0.3 is 23.9 Å². The number of fused-ring (bicyclic) bond motifs is 1. The van der Waals surface area contributed by atoms with Gasteiger partial charge in [0.05, 0.1) is 17.3 Å². The number of carbonyl (C=O) groups is 4. The zero-order valence-electron chi connectivity index (χ0n) is 23.4. The van der Waals surface area contributed by atoms with Crippen molar-refractivity contribution in [2.75, 3.05) is 0 Å². The maximum Gasteiger partial charge on any atom is 0.312 e. The summed E-state index contributed by atoms with van der Waals surface area (Å²) in [4.78, 5) is 50.2. The minimum absolute atomic E-state index is 0. The lowest BCUT2D eigenvalue weighted by Crippen LogP contribution is -2.46. The van der Waals surface area contributed by atoms with Crippen LogP contribution in [0.4, 0.5) is 0 Å². The highest BCUT2D eigenvalue weighted by molar-refractivity contribution is 5.79. The Labute approximate surface area is 227 Å². The second-order valence-corrected chi connectivity index (χ2v) is 13.1. The first-order chi connectivity index (χ1) is 17.2. The van der Waals surface area contributed by atoms with Gasteiger partial charge in [-0.25, -0.2) is 0 Å². The van der Waals surface area contributed by atoms with Gasteiger partial charge < -0.3 is 18.9 Å². The molecule has 4 rings (SSSR count). The fourth-order valence-electron chi connectivity index (χ4n) is 7.14. The molecule has 0 radical (unpaired) electrons. The van der Waals surface area contributed by atoms with Gasteiger partial charge in [0, 0.05) is 24.7 Å². The molecule has 0 N–H and O–H groups in total. The highest BCUT2D eigenvalue weighted by atomic mass is 16.6. The van der Waals surface area contributed by atoms with Crippen LogP contribution < -0.4 is 0 Å². The molecule has 4 aliphatic rings. The Bertz CT molecular complexity index is 923. The first-order valence-corrected chi connectivity index (χ1v) is 14.0. The Morgan fingerprint density at radius 3 is 2.37 bits per heavy atom. The lowest BCUT2D eigenvalue weighted by atomic mass is 9.73. The average Bonchev–Trinajstić information content (AvgIpc) is 3.43. The number of carbonyl (C=O) groups excluding carboxylic acids is 4. The van der Waals surface area contributed by atoms with Gasteiger partial charge in [-0.2, -0.15) is 0 Å². The smallest absolute Gasteiger partial charge is 0.312 e. The quantitative estimate of drug-likeness (QED) is 0.291. The Morgan fingerprint density at radius 1 is 1.05 bits per heavy atom. The van der Waals surface area contributed by atoms with Gasteiger partial charge in [0.2, 0.25) is 0 Å². The molecule has 0 amide bonds. The number of hydrogen-bond acceptors (Lipinski definition) is 8. The summed E-state index contributed by atoms with van der Waals surface area (Å²) in [7, 11) is 0. The third kappa shape index (κ3) is 5.89. The molecule has 3 aliphatic carbocycles. The van der Waals surface area contributed by atoms with E-state index in [1.807, 2.05) is 34.6 Å². The molecule has 1 saturated heterocycles. The van der Waals surface area contributed by atoms with E-state index >= 15 is 0 Å². The van der Waals surface area contributed by atoms with E-state index < -0.39 is 16.9 Å². The Kier molecular flexibility index (Phi) is 8.94. The molecular formula is C30H48O8. The van der Waals surface area contributed by atoms with Crippen molar-refractivity contribution in [3.8, 4) is 0 Å². The van der Waals surface area contributed by atoms with Crippen LogP contribution in [0.2, 0.25) is 0 Å². The van der Waals surface area contributed by atoms with Crippen LogP contribution in [0.3, 0.4) is 0 Å². The summed E-state index contributed by atoms with van der Waals surface area (Å²) in [5.74, 6) is -0.911. The van der Waals surface area contributed by atoms with E-state index in [-0.39, 0.29) is 79.2 Å². The summed E-state index contributed by atoms with van der Waals surface area (Å²) in [5.41, 5.74) is -1.63. The molecule has 8 heteroatoms. The molecule has 2 bridgehead atoms. The summed E-state index contributed by atoms with van der Waals surface area (Å²) in [6, 6.07) is 0. The van der Waals surface area contributed by atoms with Gasteiger partial charge in [0.1, 0.15) is 23.9 Å². The summed E-state index contributed by atoms with van der Waals surface area (Å²) in [5, 5.41) is 0. The maximum absolute atomic E-state index is 13.4. The van der Waals surface area contributed by atoms with E-state index in [4.69, 9.17) is 18.9 Å². The van der Waals surface area contributed by atoms with Crippen LogP contribution >= 0.6 is 0 Å². The molecule has 0 aromatic rings. The van der Waals surface area contributed by atoms with Crippen LogP contribution in [-0.2, 0) is 38.1 Å². The first kappa shape index (κ1) is 30.4. The molecule has 0 aromatic heterocycles. The van der Waals surface area contributed by atoms with Crippen molar-refractivity contribution in [1.29, 1.82) is 0 Å². The van der Waals surface area contributed by atoms with Gasteiger partial charge in [0.25, 0.3) is 0 Å². The van der Waals surface area contributed by atoms with Crippen molar-refractivity contribution >= 4 is 23.9 Å². The predicted molar refractivity (Wildman–Crippen MR) is 141 cm³/mol. The third-order valence-electron chi connectivity index (χ3n) is 9.58. The highest BCUT2D eigenvalue weighted by Gasteiger charge is 2.63. The van der Waals surface area contributed by atoms with Crippen molar-refractivity contribution < 1.29 is 38.1 Å². The molecule has 0 aromatic carbocycles. The number of esters is 4. The molecule has 1 aliphatic heterocycles. The number of ether oxygens (including phenoxy) is 4. The fourth-order valence-corrected chi connectivity index (χ4v) is 7.14. The molecular weight excluding hydrogens is 488 g/mol. The molecule has 38 heavy (non-hydrogen) atoms. The molecule has 4 fully saturated rings. The van der Waals surface area contributed by atoms with Gasteiger partial charge in [-0.05, 0) is 78.6 Å². The zero-order valence-corrected chi connectivity index (χ0v) is 23.4. The summed E-state index contributed by atoms with van der Waals surface area (Å²) in [6.45, 7) is 12.9. The molecule has 1 heterocycles. The van der Waals surface area contributed by atoms with Crippen LogP contribution in [-0.4, -0.2) is 47.8 Å². The van der Waals surface area contributed by atoms with E-state index in [0.29, 0.717) is 19.3 Å². The van der Waals surface area contributed by atoms with E-state index in [1.165, 1.54) is 6.92 Å². The van der Waals surface area contributed by atoms with Gasteiger partial charge in [-0.15, -0.1) is 0 Å². The number of rotatable bonds is 9. The van der Waals surface area contributed by atoms with Gasteiger partial charge in [0.15, 0.2) is 0 Å². The average molecular weight is 537 g/mol. The van der Waals surface area contributed by atoms with Gasteiger partial charge in [-0.3, -0.25) is 19.2 Å². The molecule has 9 unspecified atom stereocenters. The number of hydrogen-bond donors (Lipinski definition) is 0. The van der Waals surface area contributed by atoms with E-state index in [9.17, 15) is 19.2 Å². The fraction of sp³-hybridized carbons (Fsp3) is 0.867. The topological polar surface area (TPSA) is 105 Å². The van der Waals surface area contributed by atoms with Crippen molar-refractivity contribution in [2.45, 2.75) is 125 Å². The van der Waals surface area contributed by atoms with Crippen molar-refractivity contribution in [1.82, 2.24) is 0 Å². The molecule has 9 atom stereocenters. The standard InChI is InChI=1S/C29H44O8.CH4/c1-8-17(25(31)35-23-18-11-20-21(12-18)26(32)36-24(20)23)14-28(4,5)27(33)37-29(6,7)19-10-9-15(2)22(13-19)34-16(3)30;/h15,17-24H,8-14H2,1-7H3;1H4. The van der Waals surface area contributed by atoms with E-state index in [2.05, 4.69) is 6.92 Å². The summed E-state index contributed by atoms with van der Waals surface area (Å²) >= 11 is 0. The van der Waals surface area contributed by atoms with Crippen molar-refractivity contribution in [2.24, 2.45) is 40.9 Å². The van der Waals surface area contributed by atoms with Crippen molar-refractivity contribution in [3.05, 3.63) is 0 Å². The zero-order chi connectivity index (χ0) is 27.3. The summed E-state index contributed by atoms with van der Waals surface area (Å²) < 4.78 is 23.1. The van der Waals surface area contributed by atoms with Crippen LogP contribution in [0.25, 0.3) is 0 Å². The Balaban J connectivity index is 0.00000400. The van der Waals surface area contributed by atoms with E-state index in [1.54, 1.807) is 0 Å². The highest BCUT2D eigenvalue weighted by Crippen LogP contribution is 2.55. The SMILES string of the molecule is C.CCC(CC(C)(C)C(=O)OC(C)(C)C1CCC(C)C(OC(C)=O)C1)C(=O)OC1C2CC3C(=O)OC1C3C2. The van der Waals surface area contributed by atoms with Crippen LogP contribution in [0, 0.1) is 40.9 Å². The van der Waals surface area contributed by atoms with E-state index in [0.717, 1.165) is 25.7 Å². The normalized spacial score (nSPS) is 34.7. The Morgan fingerprint density at radius 2 is 1.74 bits per heavy atom. The monoisotopic (exact) mass is 536 g/mol. The second-order valence-electron chi connectivity index (χ2n) is 13.1. The molecule has 0 spiro atoms. The van der Waals surface area contributed by atoms with Crippen LogP contribution in [0.1, 0.15) is 101 Å². The largest absolute Gasteiger partial charge is 0.462 e. The van der Waals surface area contributed by atoms with Crippen LogP contribution in [0.5, 0.6) is 0 Å². The minimum atomic E-state index is -0.895. The Hall–Kier alpha value is -2.12. The second kappa shape index (κ2) is 11.2. The molecule has 3 saturated carbocycles. The minimum Gasteiger partial charge on any atom is -0.462 e. The lowest BCUT2D eigenvalue weighted by Gasteiger charge is -2.42. The third-order valence-corrected chi connectivity index (χ3v) is 9.58. The lowest BCUT2D eigenvalue weighted by molar-refractivity contribution is -0.181. The molecule has 8 nitrogen and oxygen atoms in total. The maximum atomic E-state index is 13.4. The predicted octanol–water partition coefficient (Wildman–Crippen LogP) is 5.25. The first-order valence-electron chi connectivity index (χ1n) is 14.0. The van der Waals surface area contributed by atoms with Crippen LogP contribution in [0.15, 0.2) is 0 Å². The summed E-state index contributed by atoms with van der Waals surface area (Å²) in [6.07, 6.45) is 4.04. The molecule has 216 valence electrons. The van der Waals surface area contributed by atoms with Crippen molar-refractivity contribution in [3.63, 3.8) is 0 Å². The van der Waals surface area contributed by atoms with Gasteiger partial charge in [-0.1, -0.05) is 21.3 Å².